The Morgan fingerprint density at radius 1 is 0.971 bits per heavy atom. The molecule has 0 aliphatic carbocycles. The van der Waals surface area contributed by atoms with Gasteiger partial charge in [-0.2, -0.15) is 4.98 Å². The SMILES string of the molecule is O=C1N[C@@H](Cc2nc(-c3cccc(Cn4cnc5ccccc54)c3)no2)C(=O)Nc2ccccc21. The fraction of sp³-hybridized carbons (Fsp3) is 0.115. The predicted octanol–water partition coefficient (Wildman–Crippen LogP) is 3.43. The van der Waals surface area contributed by atoms with Crippen LogP contribution in [0.5, 0.6) is 0 Å². The van der Waals surface area contributed by atoms with Gasteiger partial charge in [-0.3, -0.25) is 9.59 Å². The Hall–Kier alpha value is -4.79. The summed E-state index contributed by atoms with van der Waals surface area (Å²) in [6, 6.07) is 21.9. The lowest BCUT2D eigenvalue weighted by Gasteiger charge is -2.11. The third-order valence-electron chi connectivity index (χ3n) is 5.96. The lowest BCUT2D eigenvalue weighted by Crippen LogP contribution is -2.42. The molecular weight excluding hydrogens is 444 g/mol. The van der Waals surface area contributed by atoms with E-state index in [4.69, 9.17) is 4.52 Å². The highest BCUT2D eigenvalue weighted by molar-refractivity contribution is 6.09. The minimum Gasteiger partial charge on any atom is -0.340 e. The topological polar surface area (TPSA) is 115 Å². The van der Waals surface area contributed by atoms with E-state index in [-0.39, 0.29) is 24.1 Å². The van der Waals surface area contributed by atoms with Crippen molar-refractivity contribution >= 4 is 28.5 Å². The summed E-state index contributed by atoms with van der Waals surface area (Å²) in [4.78, 5) is 34.1. The van der Waals surface area contributed by atoms with Crippen molar-refractivity contribution in [2.45, 2.75) is 19.0 Å². The maximum atomic E-state index is 12.7. The molecule has 0 bridgehead atoms. The van der Waals surface area contributed by atoms with Gasteiger partial charge < -0.3 is 19.7 Å². The highest BCUT2D eigenvalue weighted by Gasteiger charge is 2.29. The first-order chi connectivity index (χ1) is 17.1. The van der Waals surface area contributed by atoms with Gasteiger partial charge in [-0.1, -0.05) is 47.6 Å². The molecule has 0 unspecified atom stereocenters. The molecule has 1 aliphatic heterocycles. The molecule has 2 N–H and O–H groups in total. The lowest BCUT2D eigenvalue weighted by atomic mass is 10.1. The number of fused-ring (bicyclic) bond motifs is 2. The fourth-order valence-electron chi connectivity index (χ4n) is 4.23. The van der Waals surface area contributed by atoms with E-state index in [0.29, 0.717) is 23.6 Å². The van der Waals surface area contributed by atoms with Crippen LogP contribution in [0.1, 0.15) is 21.8 Å². The van der Waals surface area contributed by atoms with Crippen molar-refractivity contribution in [3.8, 4) is 11.4 Å². The van der Waals surface area contributed by atoms with E-state index in [9.17, 15) is 9.59 Å². The number of nitrogens with one attached hydrogen (secondary N) is 2. The van der Waals surface area contributed by atoms with E-state index in [2.05, 4.69) is 30.3 Å². The Labute approximate surface area is 199 Å². The van der Waals surface area contributed by atoms with E-state index in [1.165, 1.54) is 0 Å². The summed E-state index contributed by atoms with van der Waals surface area (Å²) in [5, 5.41) is 9.62. The number of anilines is 1. The number of para-hydroxylation sites is 3. The van der Waals surface area contributed by atoms with Crippen molar-refractivity contribution < 1.29 is 14.1 Å². The summed E-state index contributed by atoms with van der Waals surface area (Å²) in [5.74, 6) is 0.0133. The van der Waals surface area contributed by atoms with Gasteiger partial charge in [-0.05, 0) is 35.9 Å². The molecule has 172 valence electrons. The van der Waals surface area contributed by atoms with Crippen LogP contribution in [0, 0.1) is 0 Å². The number of carbonyl (C=O) groups excluding carboxylic acids is 2. The fourth-order valence-corrected chi connectivity index (χ4v) is 4.23. The van der Waals surface area contributed by atoms with Crippen LogP contribution in [0.15, 0.2) is 83.6 Å². The molecule has 0 saturated carbocycles. The van der Waals surface area contributed by atoms with E-state index in [1.54, 1.807) is 24.3 Å². The number of aromatic nitrogens is 4. The van der Waals surface area contributed by atoms with Crippen LogP contribution in [0.25, 0.3) is 22.4 Å². The Morgan fingerprint density at radius 3 is 2.77 bits per heavy atom. The van der Waals surface area contributed by atoms with Crippen molar-refractivity contribution in [1.82, 2.24) is 25.0 Å². The monoisotopic (exact) mass is 464 g/mol. The van der Waals surface area contributed by atoms with Gasteiger partial charge in [0.1, 0.15) is 6.04 Å². The number of amides is 2. The number of rotatable bonds is 5. The molecule has 3 heterocycles. The third kappa shape index (κ3) is 4.04. The van der Waals surface area contributed by atoms with Gasteiger partial charge in [-0.15, -0.1) is 0 Å². The van der Waals surface area contributed by atoms with Crippen molar-refractivity contribution in [3.63, 3.8) is 0 Å². The van der Waals surface area contributed by atoms with Gasteiger partial charge >= 0.3 is 0 Å². The quantitative estimate of drug-likeness (QED) is 0.412. The Balaban J connectivity index is 1.20. The molecule has 0 radical (unpaired) electrons. The molecule has 35 heavy (non-hydrogen) atoms. The van der Waals surface area contributed by atoms with E-state index < -0.39 is 6.04 Å². The molecule has 0 fully saturated rings. The van der Waals surface area contributed by atoms with Gasteiger partial charge in [0, 0.05) is 12.1 Å². The summed E-state index contributed by atoms with van der Waals surface area (Å²) >= 11 is 0. The van der Waals surface area contributed by atoms with E-state index in [0.717, 1.165) is 22.2 Å². The van der Waals surface area contributed by atoms with Gasteiger partial charge in [0.15, 0.2) is 0 Å². The van der Waals surface area contributed by atoms with Crippen molar-refractivity contribution in [1.29, 1.82) is 0 Å². The number of nitrogens with zero attached hydrogens (tertiary/aromatic N) is 4. The average molecular weight is 464 g/mol. The molecule has 2 amide bonds. The summed E-state index contributed by atoms with van der Waals surface area (Å²) in [7, 11) is 0. The molecule has 0 spiro atoms. The van der Waals surface area contributed by atoms with Gasteiger partial charge in [0.25, 0.3) is 5.91 Å². The smallest absolute Gasteiger partial charge is 0.254 e. The minimum atomic E-state index is -0.830. The Kier molecular flexibility index (Phi) is 5.07. The van der Waals surface area contributed by atoms with Crippen LogP contribution >= 0.6 is 0 Å². The summed E-state index contributed by atoms with van der Waals surface area (Å²) in [6.45, 7) is 0.647. The predicted molar refractivity (Wildman–Crippen MR) is 129 cm³/mol. The van der Waals surface area contributed by atoms with Gasteiger partial charge in [-0.25, -0.2) is 4.98 Å². The number of hydrogen-bond acceptors (Lipinski definition) is 6. The lowest BCUT2D eigenvalue weighted by molar-refractivity contribution is -0.118. The maximum absolute atomic E-state index is 12.7. The van der Waals surface area contributed by atoms with Crippen LogP contribution in [-0.2, 0) is 17.8 Å². The van der Waals surface area contributed by atoms with Crippen LogP contribution < -0.4 is 10.6 Å². The number of hydrogen-bond donors (Lipinski definition) is 2. The molecule has 1 atom stereocenters. The first kappa shape index (κ1) is 20.8. The third-order valence-corrected chi connectivity index (χ3v) is 5.96. The average Bonchev–Trinajstić information content (AvgIpc) is 3.49. The molecule has 6 rings (SSSR count). The molecule has 9 heteroatoms. The van der Waals surface area contributed by atoms with Crippen molar-refractivity contribution in [2.24, 2.45) is 0 Å². The minimum absolute atomic E-state index is 0.0826. The molecule has 9 nitrogen and oxygen atoms in total. The van der Waals surface area contributed by atoms with E-state index in [1.807, 2.05) is 54.9 Å². The molecule has 1 aliphatic rings. The zero-order chi connectivity index (χ0) is 23.8. The molecule has 2 aromatic heterocycles. The van der Waals surface area contributed by atoms with Crippen LogP contribution in [0.2, 0.25) is 0 Å². The zero-order valence-corrected chi connectivity index (χ0v) is 18.5. The second kappa shape index (κ2) is 8.53. The first-order valence-corrected chi connectivity index (χ1v) is 11.2. The summed E-state index contributed by atoms with van der Waals surface area (Å²) in [5.41, 5.74) is 4.76. The zero-order valence-electron chi connectivity index (χ0n) is 18.5. The van der Waals surface area contributed by atoms with Crippen LogP contribution in [0.4, 0.5) is 5.69 Å². The number of benzene rings is 3. The molecule has 3 aromatic carbocycles. The van der Waals surface area contributed by atoms with Crippen molar-refractivity contribution in [2.75, 3.05) is 5.32 Å². The highest BCUT2D eigenvalue weighted by Crippen LogP contribution is 2.22. The Bertz CT molecular complexity index is 1570. The Morgan fingerprint density at radius 2 is 1.83 bits per heavy atom. The highest BCUT2D eigenvalue weighted by atomic mass is 16.5. The second-order valence-electron chi connectivity index (χ2n) is 8.34. The van der Waals surface area contributed by atoms with E-state index >= 15 is 0 Å². The largest absolute Gasteiger partial charge is 0.340 e. The molecular formula is C26H20N6O3. The first-order valence-electron chi connectivity index (χ1n) is 11.2. The van der Waals surface area contributed by atoms with Crippen LogP contribution in [-0.4, -0.2) is 37.5 Å². The van der Waals surface area contributed by atoms with Gasteiger partial charge in [0.2, 0.25) is 17.6 Å². The van der Waals surface area contributed by atoms with Gasteiger partial charge in [0.05, 0.1) is 35.0 Å². The summed E-state index contributed by atoms with van der Waals surface area (Å²) < 4.78 is 7.50. The maximum Gasteiger partial charge on any atom is 0.254 e. The normalized spacial score (nSPS) is 15.4. The van der Waals surface area contributed by atoms with Crippen LogP contribution in [0.3, 0.4) is 0 Å². The molecule has 5 aromatic rings. The number of imidazole rings is 1. The second-order valence-corrected chi connectivity index (χ2v) is 8.34. The summed E-state index contributed by atoms with van der Waals surface area (Å²) in [6.07, 6.45) is 1.91. The number of carbonyl (C=O) groups is 2. The van der Waals surface area contributed by atoms with Crippen molar-refractivity contribution in [3.05, 3.63) is 96.1 Å². The standard InChI is InChI=1S/C26H20N6O3/c33-25-18-8-1-2-9-19(18)28-26(34)21(29-25)13-23-30-24(31-35-23)17-7-5-6-16(12-17)14-32-15-27-20-10-3-4-11-22(20)32/h1-12,15,21H,13-14H2,(H,28,34)(H,29,33)/t21-/m0/s1. The molecule has 0 saturated heterocycles.